The molecule has 1 aromatic carbocycles. The van der Waals surface area contributed by atoms with Crippen molar-refractivity contribution in [2.45, 2.75) is 26.3 Å². The van der Waals surface area contributed by atoms with E-state index in [0.29, 0.717) is 16.6 Å². The number of esters is 1. The van der Waals surface area contributed by atoms with E-state index >= 15 is 0 Å². The van der Waals surface area contributed by atoms with Crippen LogP contribution in [0.5, 0.6) is 0 Å². The Kier molecular flexibility index (Phi) is 4.49. The molecule has 2 aromatic heterocycles. The lowest BCUT2D eigenvalue weighted by molar-refractivity contribution is -0.144. The highest BCUT2D eigenvalue weighted by molar-refractivity contribution is 7.17. The molecule has 2 heterocycles. The molecule has 0 unspecified atom stereocenters. The van der Waals surface area contributed by atoms with Crippen molar-refractivity contribution in [3.05, 3.63) is 51.9 Å². The zero-order chi connectivity index (χ0) is 17.3. The molecule has 3 rings (SSSR count). The van der Waals surface area contributed by atoms with Crippen LogP contribution < -0.4 is 5.56 Å². The van der Waals surface area contributed by atoms with Gasteiger partial charge in [0, 0.05) is 10.9 Å². The molecule has 3 aromatic rings. The Hall–Kier alpha value is -2.47. The minimum atomic E-state index is -0.662. The van der Waals surface area contributed by atoms with Crippen molar-refractivity contribution < 1.29 is 9.53 Å². The summed E-state index contributed by atoms with van der Waals surface area (Å²) in [4.78, 5) is 30.0. The van der Waals surface area contributed by atoms with Gasteiger partial charge in [-0.05, 0) is 18.9 Å². The fourth-order valence-corrected chi connectivity index (χ4v) is 3.63. The first-order valence-corrected chi connectivity index (χ1v) is 8.58. The number of aromatic nitrogens is 2. The van der Waals surface area contributed by atoms with Gasteiger partial charge in [0.25, 0.3) is 5.56 Å². The van der Waals surface area contributed by atoms with Crippen LogP contribution >= 0.6 is 11.3 Å². The molecule has 0 aliphatic carbocycles. The van der Waals surface area contributed by atoms with Crippen LogP contribution in [0.2, 0.25) is 0 Å². The Morgan fingerprint density at radius 1 is 1.33 bits per heavy atom. The van der Waals surface area contributed by atoms with Gasteiger partial charge in [-0.25, -0.2) is 9.78 Å². The maximum atomic E-state index is 13.0. The predicted octanol–water partition coefficient (Wildman–Crippen LogP) is 3.56. The SMILES string of the molecule is CC[C@H](C(=O)OC)n1cnc2scc(-c3ccc(C)cc3)c2c1=O. The van der Waals surface area contributed by atoms with Gasteiger partial charge in [0.05, 0.1) is 18.8 Å². The highest BCUT2D eigenvalue weighted by Crippen LogP contribution is 2.31. The number of hydrogen-bond acceptors (Lipinski definition) is 5. The van der Waals surface area contributed by atoms with Crippen LogP contribution in [0, 0.1) is 6.92 Å². The molecule has 24 heavy (non-hydrogen) atoms. The number of methoxy groups -OCH3 is 1. The molecule has 124 valence electrons. The largest absolute Gasteiger partial charge is 0.467 e. The van der Waals surface area contributed by atoms with E-state index in [1.54, 1.807) is 0 Å². The maximum absolute atomic E-state index is 13.0. The number of carbonyl (C=O) groups excluding carboxylic acids is 1. The standard InChI is InChI=1S/C18H18N2O3S/c1-4-14(18(22)23-3)20-10-19-16-15(17(20)21)13(9-24-16)12-7-5-11(2)6-8-12/h5-10,14H,4H2,1-3H3/t14-/m1/s1. The lowest BCUT2D eigenvalue weighted by Gasteiger charge is -2.15. The second-order valence-electron chi connectivity index (χ2n) is 5.60. The summed E-state index contributed by atoms with van der Waals surface area (Å²) in [6, 6.07) is 7.34. The van der Waals surface area contributed by atoms with Gasteiger partial charge in [-0.15, -0.1) is 11.3 Å². The average molecular weight is 342 g/mol. The van der Waals surface area contributed by atoms with Crippen LogP contribution in [-0.4, -0.2) is 22.6 Å². The Morgan fingerprint density at radius 2 is 2.04 bits per heavy atom. The van der Waals surface area contributed by atoms with Crippen molar-refractivity contribution in [2.75, 3.05) is 7.11 Å². The molecule has 1 atom stereocenters. The first-order valence-electron chi connectivity index (χ1n) is 7.70. The van der Waals surface area contributed by atoms with Crippen molar-refractivity contribution >= 4 is 27.5 Å². The topological polar surface area (TPSA) is 61.2 Å². The summed E-state index contributed by atoms with van der Waals surface area (Å²) < 4.78 is 6.18. The van der Waals surface area contributed by atoms with Crippen LogP contribution in [-0.2, 0) is 9.53 Å². The third-order valence-corrected chi connectivity index (χ3v) is 4.96. The van der Waals surface area contributed by atoms with Gasteiger partial charge in [0.15, 0.2) is 0 Å². The molecule has 0 aliphatic rings. The van der Waals surface area contributed by atoms with E-state index < -0.39 is 12.0 Å². The number of ether oxygens (including phenoxy) is 1. The fraction of sp³-hybridized carbons (Fsp3) is 0.278. The molecule has 0 radical (unpaired) electrons. The van der Waals surface area contributed by atoms with E-state index in [4.69, 9.17) is 4.74 Å². The predicted molar refractivity (Wildman–Crippen MR) is 95.4 cm³/mol. The molecule has 0 saturated carbocycles. The number of nitrogens with zero attached hydrogens (tertiary/aromatic N) is 2. The number of aryl methyl sites for hydroxylation is 1. The maximum Gasteiger partial charge on any atom is 0.329 e. The first kappa shape index (κ1) is 16.4. The van der Waals surface area contributed by atoms with Crippen molar-refractivity contribution in [1.82, 2.24) is 9.55 Å². The van der Waals surface area contributed by atoms with E-state index in [-0.39, 0.29) is 5.56 Å². The van der Waals surface area contributed by atoms with E-state index in [1.165, 1.54) is 29.3 Å². The van der Waals surface area contributed by atoms with Gasteiger partial charge in [0.1, 0.15) is 10.9 Å². The lowest BCUT2D eigenvalue weighted by Crippen LogP contribution is -2.30. The number of carbonyl (C=O) groups is 1. The molecule has 0 spiro atoms. The van der Waals surface area contributed by atoms with Gasteiger partial charge < -0.3 is 4.74 Å². The van der Waals surface area contributed by atoms with Crippen LogP contribution in [0.4, 0.5) is 0 Å². The second-order valence-corrected chi connectivity index (χ2v) is 6.46. The third kappa shape index (κ3) is 2.73. The van der Waals surface area contributed by atoms with E-state index in [2.05, 4.69) is 4.98 Å². The third-order valence-electron chi connectivity index (χ3n) is 4.08. The van der Waals surface area contributed by atoms with Crippen molar-refractivity contribution in [3.8, 4) is 11.1 Å². The summed E-state index contributed by atoms with van der Waals surface area (Å²) in [6.45, 7) is 3.86. The minimum absolute atomic E-state index is 0.214. The summed E-state index contributed by atoms with van der Waals surface area (Å²) in [5.74, 6) is -0.437. The molecule has 0 saturated heterocycles. The molecule has 0 bridgehead atoms. The van der Waals surface area contributed by atoms with Crippen molar-refractivity contribution in [1.29, 1.82) is 0 Å². The van der Waals surface area contributed by atoms with Crippen LogP contribution in [0.25, 0.3) is 21.3 Å². The van der Waals surface area contributed by atoms with Crippen LogP contribution in [0.1, 0.15) is 24.9 Å². The van der Waals surface area contributed by atoms with E-state index in [0.717, 1.165) is 16.7 Å². The zero-order valence-electron chi connectivity index (χ0n) is 13.8. The molecule has 6 heteroatoms. The van der Waals surface area contributed by atoms with Crippen LogP contribution in [0.3, 0.4) is 0 Å². The van der Waals surface area contributed by atoms with E-state index in [9.17, 15) is 9.59 Å². The number of rotatable bonds is 4. The normalized spacial score (nSPS) is 12.3. The van der Waals surface area contributed by atoms with Crippen molar-refractivity contribution in [2.24, 2.45) is 0 Å². The molecule has 0 aliphatic heterocycles. The molecule has 0 amide bonds. The molecular weight excluding hydrogens is 324 g/mol. The molecular formula is C18H18N2O3S. The van der Waals surface area contributed by atoms with E-state index in [1.807, 2.05) is 43.5 Å². The summed E-state index contributed by atoms with van der Waals surface area (Å²) in [7, 11) is 1.32. The summed E-state index contributed by atoms with van der Waals surface area (Å²) in [6.07, 6.45) is 1.90. The van der Waals surface area contributed by atoms with Gasteiger partial charge >= 0.3 is 5.97 Å². The summed E-state index contributed by atoms with van der Waals surface area (Å²) in [5.41, 5.74) is 2.76. The average Bonchev–Trinajstić information content (AvgIpc) is 3.02. The zero-order valence-corrected chi connectivity index (χ0v) is 14.6. The lowest BCUT2D eigenvalue weighted by atomic mass is 10.0. The van der Waals surface area contributed by atoms with Gasteiger partial charge in [-0.3, -0.25) is 9.36 Å². The monoisotopic (exact) mass is 342 g/mol. The number of hydrogen-bond donors (Lipinski definition) is 0. The second kappa shape index (κ2) is 6.57. The van der Waals surface area contributed by atoms with Crippen molar-refractivity contribution in [3.63, 3.8) is 0 Å². The smallest absolute Gasteiger partial charge is 0.329 e. The number of fused-ring (bicyclic) bond motifs is 1. The Balaban J connectivity index is 2.21. The summed E-state index contributed by atoms with van der Waals surface area (Å²) >= 11 is 1.43. The Labute approximate surface area is 143 Å². The fourth-order valence-electron chi connectivity index (χ4n) is 2.73. The van der Waals surface area contributed by atoms with Gasteiger partial charge in [0.2, 0.25) is 0 Å². The quantitative estimate of drug-likeness (QED) is 0.680. The Bertz CT molecular complexity index is 941. The molecule has 5 nitrogen and oxygen atoms in total. The molecule has 0 N–H and O–H groups in total. The molecule has 0 fully saturated rings. The Morgan fingerprint density at radius 3 is 2.67 bits per heavy atom. The van der Waals surface area contributed by atoms with Crippen LogP contribution in [0.15, 0.2) is 40.8 Å². The highest BCUT2D eigenvalue weighted by atomic mass is 32.1. The number of benzene rings is 1. The summed E-state index contributed by atoms with van der Waals surface area (Å²) in [5, 5.41) is 2.49. The minimum Gasteiger partial charge on any atom is -0.467 e. The first-order chi connectivity index (χ1) is 11.6. The number of thiophene rings is 1. The van der Waals surface area contributed by atoms with Gasteiger partial charge in [-0.2, -0.15) is 0 Å². The highest BCUT2D eigenvalue weighted by Gasteiger charge is 2.23. The van der Waals surface area contributed by atoms with Gasteiger partial charge in [-0.1, -0.05) is 36.8 Å².